The van der Waals surface area contributed by atoms with Gasteiger partial charge in [-0.1, -0.05) is 31.9 Å². The maximum absolute atomic E-state index is 5.95. The summed E-state index contributed by atoms with van der Waals surface area (Å²) in [6.45, 7) is 7.36. The molecule has 4 heteroatoms. The van der Waals surface area contributed by atoms with Gasteiger partial charge in [-0.2, -0.15) is 0 Å². The highest BCUT2D eigenvalue weighted by Crippen LogP contribution is 2.21. The highest BCUT2D eigenvalue weighted by atomic mass is 35.5. The topological polar surface area (TPSA) is 29.0 Å². The van der Waals surface area contributed by atoms with E-state index in [9.17, 15) is 0 Å². The molecule has 0 aromatic carbocycles. The van der Waals surface area contributed by atoms with Crippen molar-refractivity contribution in [3.8, 4) is 0 Å². The van der Waals surface area contributed by atoms with Crippen molar-refractivity contribution in [2.45, 2.75) is 27.2 Å². The lowest BCUT2D eigenvalue weighted by Gasteiger charge is -2.23. The second-order valence-electron chi connectivity index (χ2n) is 4.01. The van der Waals surface area contributed by atoms with E-state index < -0.39 is 0 Å². The summed E-state index contributed by atoms with van der Waals surface area (Å²) in [6, 6.07) is 0. The van der Waals surface area contributed by atoms with Gasteiger partial charge in [-0.3, -0.25) is 0 Å². The van der Waals surface area contributed by atoms with Gasteiger partial charge in [-0.25, -0.2) is 9.97 Å². The first-order valence-electron chi connectivity index (χ1n) is 5.24. The van der Waals surface area contributed by atoms with Crippen LogP contribution < -0.4 is 4.90 Å². The second-order valence-corrected chi connectivity index (χ2v) is 4.37. The van der Waals surface area contributed by atoms with Crippen molar-refractivity contribution in [2.24, 2.45) is 5.92 Å². The smallest absolute Gasteiger partial charge is 0.137 e. The van der Waals surface area contributed by atoms with Gasteiger partial charge in [-0.15, -0.1) is 0 Å². The zero-order valence-electron chi connectivity index (χ0n) is 9.79. The molecule has 3 nitrogen and oxygen atoms in total. The Labute approximate surface area is 96.5 Å². The third-order valence-corrected chi connectivity index (χ3v) is 3.02. The maximum Gasteiger partial charge on any atom is 0.137 e. The van der Waals surface area contributed by atoms with Gasteiger partial charge in [0.2, 0.25) is 0 Å². The molecule has 0 spiro atoms. The van der Waals surface area contributed by atoms with Gasteiger partial charge >= 0.3 is 0 Å². The van der Waals surface area contributed by atoms with Crippen LogP contribution in [0.2, 0.25) is 5.15 Å². The number of rotatable bonds is 4. The summed E-state index contributed by atoms with van der Waals surface area (Å²) in [5.41, 5.74) is 0.949. The van der Waals surface area contributed by atoms with Crippen molar-refractivity contribution in [2.75, 3.05) is 18.5 Å². The molecule has 84 valence electrons. The number of anilines is 1. The molecular formula is C11H18ClN3. The lowest BCUT2D eigenvalue weighted by atomic mass is 10.1. The molecule has 0 aliphatic carbocycles. The third-order valence-electron chi connectivity index (χ3n) is 2.64. The van der Waals surface area contributed by atoms with E-state index in [1.165, 1.54) is 12.7 Å². The molecule has 1 aromatic heterocycles. The molecule has 1 unspecified atom stereocenters. The van der Waals surface area contributed by atoms with E-state index in [0.29, 0.717) is 11.1 Å². The van der Waals surface area contributed by atoms with Crippen molar-refractivity contribution >= 4 is 17.4 Å². The second kappa shape index (κ2) is 5.31. The standard InChI is InChI=1S/C11H18ClN3/c1-5-8(2)6-15(4)11-9(3)10(12)13-7-14-11/h7-8H,5-6H2,1-4H3. The van der Waals surface area contributed by atoms with Gasteiger partial charge in [0, 0.05) is 19.2 Å². The van der Waals surface area contributed by atoms with E-state index in [4.69, 9.17) is 11.6 Å². The highest BCUT2D eigenvalue weighted by molar-refractivity contribution is 6.30. The molecule has 0 saturated heterocycles. The first kappa shape index (κ1) is 12.2. The fourth-order valence-electron chi connectivity index (χ4n) is 1.49. The van der Waals surface area contributed by atoms with Crippen molar-refractivity contribution < 1.29 is 0 Å². The Morgan fingerprint density at radius 3 is 2.73 bits per heavy atom. The van der Waals surface area contributed by atoms with Gasteiger partial charge in [0.05, 0.1) is 0 Å². The summed E-state index contributed by atoms with van der Waals surface area (Å²) in [7, 11) is 2.04. The molecule has 0 aliphatic rings. The Hall–Kier alpha value is -0.830. The van der Waals surface area contributed by atoms with Gasteiger partial charge in [0.15, 0.2) is 0 Å². The van der Waals surface area contributed by atoms with Crippen LogP contribution in [0.4, 0.5) is 5.82 Å². The van der Waals surface area contributed by atoms with Crippen LogP contribution in [0.1, 0.15) is 25.8 Å². The van der Waals surface area contributed by atoms with Gasteiger partial charge in [0.1, 0.15) is 17.3 Å². The van der Waals surface area contributed by atoms with Crippen LogP contribution in [0.5, 0.6) is 0 Å². The van der Waals surface area contributed by atoms with E-state index in [2.05, 4.69) is 28.7 Å². The maximum atomic E-state index is 5.95. The number of halogens is 1. The molecule has 1 heterocycles. The van der Waals surface area contributed by atoms with Gasteiger partial charge < -0.3 is 4.90 Å². The fourth-order valence-corrected chi connectivity index (χ4v) is 1.62. The molecule has 1 rings (SSSR count). The lowest BCUT2D eigenvalue weighted by molar-refractivity contribution is 0.557. The molecule has 0 bridgehead atoms. The van der Waals surface area contributed by atoms with Crippen LogP contribution in [0.25, 0.3) is 0 Å². The monoisotopic (exact) mass is 227 g/mol. The predicted molar refractivity (Wildman–Crippen MR) is 64.5 cm³/mol. The highest BCUT2D eigenvalue weighted by Gasteiger charge is 2.11. The minimum Gasteiger partial charge on any atom is -0.359 e. The Kier molecular flexibility index (Phi) is 4.33. The Morgan fingerprint density at radius 1 is 1.47 bits per heavy atom. The van der Waals surface area contributed by atoms with E-state index in [1.807, 2.05) is 14.0 Å². The molecule has 0 fully saturated rings. The summed E-state index contributed by atoms with van der Waals surface area (Å²) < 4.78 is 0. The Bertz CT molecular complexity index is 328. The molecule has 0 amide bonds. The zero-order valence-corrected chi connectivity index (χ0v) is 10.5. The Morgan fingerprint density at radius 2 is 2.13 bits per heavy atom. The van der Waals surface area contributed by atoms with Crippen LogP contribution in [0.3, 0.4) is 0 Å². The quantitative estimate of drug-likeness (QED) is 0.741. The number of hydrogen-bond donors (Lipinski definition) is 0. The molecular weight excluding hydrogens is 210 g/mol. The zero-order chi connectivity index (χ0) is 11.4. The lowest BCUT2D eigenvalue weighted by Crippen LogP contribution is -2.25. The minimum absolute atomic E-state index is 0.538. The van der Waals surface area contributed by atoms with Crippen LogP contribution in [-0.4, -0.2) is 23.6 Å². The average Bonchev–Trinajstić information content (AvgIpc) is 2.21. The summed E-state index contributed by atoms with van der Waals surface area (Å²) in [4.78, 5) is 10.3. The van der Waals surface area contributed by atoms with Crippen LogP contribution in [-0.2, 0) is 0 Å². The van der Waals surface area contributed by atoms with Crippen molar-refractivity contribution in [1.29, 1.82) is 0 Å². The summed E-state index contributed by atoms with van der Waals surface area (Å²) in [5.74, 6) is 1.58. The predicted octanol–water partition coefficient (Wildman–Crippen LogP) is 2.92. The van der Waals surface area contributed by atoms with E-state index in [0.717, 1.165) is 17.9 Å². The van der Waals surface area contributed by atoms with Crippen molar-refractivity contribution in [3.05, 3.63) is 17.0 Å². The molecule has 0 saturated carbocycles. The third kappa shape index (κ3) is 3.06. The summed E-state index contributed by atoms with van der Waals surface area (Å²) in [6.07, 6.45) is 2.68. The number of nitrogens with zero attached hydrogens (tertiary/aromatic N) is 3. The molecule has 0 N–H and O–H groups in total. The molecule has 1 aromatic rings. The van der Waals surface area contributed by atoms with Gasteiger partial charge in [0.25, 0.3) is 0 Å². The molecule has 15 heavy (non-hydrogen) atoms. The molecule has 0 radical (unpaired) electrons. The van der Waals surface area contributed by atoms with Crippen LogP contribution in [0.15, 0.2) is 6.33 Å². The normalized spacial score (nSPS) is 12.6. The van der Waals surface area contributed by atoms with E-state index in [-0.39, 0.29) is 0 Å². The van der Waals surface area contributed by atoms with E-state index >= 15 is 0 Å². The van der Waals surface area contributed by atoms with Crippen molar-refractivity contribution in [3.63, 3.8) is 0 Å². The van der Waals surface area contributed by atoms with Crippen molar-refractivity contribution in [1.82, 2.24) is 9.97 Å². The summed E-state index contributed by atoms with van der Waals surface area (Å²) >= 11 is 5.95. The first-order chi connectivity index (χ1) is 7.06. The minimum atomic E-state index is 0.538. The SMILES string of the molecule is CCC(C)CN(C)c1ncnc(Cl)c1C. The van der Waals surface area contributed by atoms with Crippen LogP contribution >= 0.6 is 11.6 Å². The van der Waals surface area contributed by atoms with Gasteiger partial charge in [-0.05, 0) is 12.8 Å². The van der Waals surface area contributed by atoms with Crippen LogP contribution in [0, 0.1) is 12.8 Å². The fraction of sp³-hybridized carbons (Fsp3) is 0.636. The average molecular weight is 228 g/mol. The first-order valence-corrected chi connectivity index (χ1v) is 5.62. The largest absolute Gasteiger partial charge is 0.359 e. The molecule has 0 aliphatic heterocycles. The summed E-state index contributed by atoms with van der Waals surface area (Å²) in [5, 5.41) is 0.538. The number of aromatic nitrogens is 2. The molecule has 1 atom stereocenters. The Balaban J connectivity index is 2.82. The number of hydrogen-bond acceptors (Lipinski definition) is 3. The van der Waals surface area contributed by atoms with E-state index in [1.54, 1.807) is 0 Å².